The number of halogens is 2. The van der Waals surface area contributed by atoms with E-state index in [1.807, 2.05) is 12.1 Å². The van der Waals surface area contributed by atoms with Gasteiger partial charge < -0.3 is 0 Å². The molecule has 0 aromatic heterocycles. The number of ketones is 1. The van der Waals surface area contributed by atoms with Crippen LogP contribution in [0.1, 0.15) is 34.8 Å². The van der Waals surface area contributed by atoms with Crippen molar-refractivity contribution in [3.63, 3.8) is 0 Å². The molecule has 0 fully saturated rings. The second-order valence-electron chi connectivity index (χ2n) is 4.76. The molecule has 0 N–H and O–H groups in total. The van der Waals surface area contributed by atoms with Crippen molar-refractivity contribution in [1.82, 2.24) is 0 Å². The van der Waals surface area contributed by atoms with E-state index < -0.39 is 11.6 Å². The van der Waals surface area contributed by atoms with E-state index in [0.29, 0.717) is 5.56 Å². The Hall–Kier alpha value is -2.03. The summed E-state index contributed by atoms with van der Waals surface area (Å²) in [7, 11) is 0. The molecule has 0 atom stereocenters. The topological polar surface area (TPSA) is 17.1 Å². The smallest absolute Gasteiger partial charge is 0.167 e. The summed E-state index contributed by atoms with van der Waals surface area (Å²) in [5.41, 5.74) is 1.78. The Bertz CT molecular complexity index is 603. The molecule has 3 heteroatoms. The van der Waals surface area contributed by atoms with Crippen molar-refractivity contribution in [2.75, 3.05) is 0 Å². The highest BCUT2D eigenvalue weighted by Crippen LogP contribution is 2.15. The zero-order chi connectivity index (χ0) is 14.5. The van der Waals surface area contributed by atoms with E-state index in [4.69, 9.17) is 0 Å². The highest BCUT2D eigenvalue weighted by molar-refractivity contribution is 5.97. The molecule has 0 bridgehead atoms. The Morgan fingerprint density at radius 3 is 2.40 bits per heavy atom. The molecule has 0 aliphatic rings. The van der Waals surface area contributed by atoms with Crippen LogP contribution >= 0.6 is 0 Å². The molecule has 0 amide bonds. The van der Waals surface area contributed by atoms with Gasteiger partial charge in [0.15, 0.2) is 17.4 Å². The fourth-order valence-corrected chi connectivity index (χ4v) is 2.11. The number of hydrogen-bond acceptors (Lipinski definition) is 1. The molecule has 2 aromatic carbocycles. The lowest BCUT2D eigenvalue weighted by Crippen LogP contribution is -2.06. The van der Waals surface area contributed by atoms with Crippen LogP contribution < -0.4 is 0 Å². The van der Waals surface area contributed by atoms with Gasteiger partial charge in [-0.3, -0.25) is 4.79 Å². The van der Waals surface area contributed by atoms with Crippen molar-refractivity contribution >= 4 is 5.78 Å². The number of rotatable bonds is 5. The van der Waals surface area contributed by atoms with Gasteiger partial charge in [0.05, 0.1) is 0 Å². The maximum Gasteiger partial charge on any atom is 0.167 e. The fraction of sp³-hybridized carbons (Fsp3) is 0.235. The Morgan fingerprint density at radius 1 is 1.05 bits per heavy atom. The van der Waals surface area contributed by atoms with Gasteiger partial charge in [0.1, 0.15) is 0 Å². The van der Waals surface area contributed by atoms with E-state index in [0.717, 1.165) is 18.9 Å². The zero-order valence-electron chi connectivity index (χ0n) is 11.3. The molecule has 2 aromatic rings. The molecular formula is C17H16F2O. The van der Waals surface area contributed by atoms with Crippen LogP contribution in [-0.4, -0.2) is 5.78 Å². The SMILES string of the molecule is CCCc1ccc(C(=O)Cc2cccc(F)c2F)cc1. The number of benzene rings is 2. The first-order chi connectivity index (χ1) is 9.61. The number of Topliss-reactive ketones (excluding diaryl/α,β-unsaturated/α-hetero) is 1. The number of hydrogen-bond donors (Lipinski definition) is 0. The Balaban J connectivity index is 2.13. The third-order valence-corrected chi connectivity index (χ3v) is 3.20. The minimum atomic E-state index is -0.941. The average molecular weight is 274 g/mol. The van der Waals surface area contributed by atoms with Crippen molar-refractivity contribution in [1.29, 1.82) is 0 Å². The van der Waals surface area contributed by atoms with Crippen LogP contribution in [-0.2, 0) is 12.8 Å². The molecule has 20 heavy (non-hydrogen) atoms. The number of aryl methyl sites for hydroxylation is 1. The second kappa shape index (κ2) is 6.42. The Kier molecular flexibility index (Phi) is 4.61. The van der Waals surface area contributed by atoms with Crippen LogP contribution in [0.25, 0.3) is 0 Å². The van der Waals surface area contributed by atoms with Gasteiger partial charge in [-0.25, -0.2) is 8.78 Å². The molecule has 0 saturated heterocycles. The normalized spacial score (nSPS) is 10.6. The van der Waals surface area contributed by atoms with Crippen molar-refractivity contribution in [2.24, 2.45) is 0 Å². The maximum atomic E-state index is 13.5. The standard InChI is InChI=1S/C17H16F2O/c1-2-4-12-7-9-13(10-8-12)16(20)11-14-5-3-6-15(18)17(14)19/h3,5-10H,2,4,11H2,1H3. The summed E-state index contributed by atoms with van der Waals surface area (Å²) in [5.74, 6) is -2.07. The third-order valence-electron chi connectivity index (χ3n) is 3.20. The molecule has 0 heterocycles. The molecule has 0 radical (unpaired) electrons. The highest BCUT2D eigenvalue weighted by atomic mass is 19.2. The molecule has 0 aliphatic heterocycles. The number of carbonyl (C=O) groups excluding carboxylic acids is 1. The van der Waals surface area contributed by atoms with Crippen LogP contribution in [0.2, 0.25) is 0 Å². The first kappa shape index (κ1) is 14.4. The van der Waals surface area contributed by atoms with E-state index in [-0.39, 0.29) is 17.8 Å². The van der Waals surface area contributed by atoms with Crippen molar-refractivity contribution in [3.05, 3.63) is 70.8 Å². The summed E-state index contributed by atoms with van der Waals surface area (Å²) >= 11 is 0. The molecule has 0 aliphatic carbocycles. The predicted molar refractivity (Wildman–Crippen MR) is 74.8 cm³/mol. The minimum absolute atomic E-state index is 0.0904. The molecule has 0 spiro atoms. The van der Waals surface area contributed by atoms with Gasteiger partial charge in [0.25, 0.3) is 0 Å². The first-order valence-corrected chi connectivity index (χ1v) is 6.67. The van der Waals surface area contributed by atoms with Gasteiger partial charge in [-0.2, -0.15) is 0 Å². The molecule has 104 valence electrons. The summed E-state index contributed by atoms with van der Waals surface area (Å²) in [6, 6.07) is 11.2. The van der Waals surface area contributed by atoms with E-state index in [9.17, 15) is 13.6 Å². The summed E-state index contributed by atoms with van der Waals surface area (Å²) in [6.07, 6.45) is 1.88. The molecule has 0 unspecified atom stereocenters. The van der Waals surface area contributed by atoms with Crippen molar-refractivity contribution in [2.45, 2.75) is 26.2 Å². The summed E-state index contributed by atoms with van der Waals surface area (Å²) in [4.78, 5) is 12.1. The largest absolute Gasteiger partial charge is 0.294 e. The van der Waals surface area contributed by atoms with Gasteiger partial charge >= 0.3 is 0 Å². The van der Waals surface area contributed by atoms with Gasteiger partial charge in [-0.1, -0.05) is 49.7 Å². The summed E-state index contributed by atoms with van der Waals surface area (Å²) < 4.78 is 26.6. The van der Waals surface area contributed by atoms with Gasteiger partial charge in [0.2, 0.25) is 0 Å². The van der Waals surface area contributed by atoms with Crippen LogP contribution in [0.4, 0.5) is 8.78 Å². The fourth-order valence-electron chi connectivity index (χ4n) is 2.11. The van der Waals surface area contributed by atoms with Crippen molar-refractivity contribution < 1.29 is 13.6 Å². The van der Waals surface area contributed by atoms with E-state index >= 15 is 0 Å². The van der Waals surface area contributed by atoms with Crippen LogP contribution in [0.15, 0.2) is 42.5 Å². The molecule has 2 rings (SSSR count). The lowest BCUT2D eigenvalue weighted by molar-refractivity contribution is 0.0991. The van der Waals surface area contributed by atoms with Crippen LogP contribution in [0, 0.1) is 11.6 Å². The van der Waals surface area contributed by atoms with Crippen molar-refractivity contribution in [3.8, 4) is 0 Å². The summed E-state index contributed by atoms with van der Waals surface area (Å²) in [6.45, 7) is 2.09. The zero-order valence-corrected chi connectivity index (χ0v) is 11.3. The maximum absolute atomic E-state index is 13.5. The van der Waals surface area contributed by atoms with Gasteiger partial charge in [-0.15, -0.1) is 0 Å². The average Bonchev–Trinajstić information content (AvgIpc) is 2.45. The number of carbonyl (C=O) groups is 1. The second-order valence-corrected chi connectivity index (χ2v) is 4.76. The minimum Gasteiger partial charge on any atom is -0.294 e. The highest BCUT2D eigenvalue weighted by Gasteiger charge is 2.13. The van der Waals surface area contributed by atoms with E-state index in [1.165, 1.54) is 17.7 Å². The molecule has 0 saturated carbocycles. The molecule has 1 nitrogen and oxygen atoms in total. The van der Waals surface area contributed by atoms with Crippen LogP contribution in [0.3, 0.4) is 0 Å². The van der Waals surface area contributed by atoms with Crippen LogP contribution in [0.5, 0.6) is 0 Å². The lowest BCUT2D eigenvalue weighted by Gasteiger charge is -2.05. The van der Waals surface area contributed by atoms with Gasteiger partial charge in [0, 0.05) is 12.0 Å². The van der Waals surface area contributed by atoms with Gasteiger partial charge in [-0.05, 0) is 23.6 Å². The monoisotopic (exact) mass is 274 g/mol. The third kappa shape index (κ3) is 3.29. The summed E-state index contributed by atoms with van der Waals surface area (Å²) in [5, 5.41) is 0. The van der Waals surface area contributed by atoms with E-state index in [1.54, 1.807) is 12.1 Å². The van der Waals surface area contributed by atoms with E-state index in [2.05, 4.69) is 6.92 Å². The lowest BCUT2D eigenvalue weighted by atomic mass is 10.0. The molecular weight excluding hydrogens is 258 g/mol. The first-order valence-electron chi connectivity index (χ1n) is 6.67. The Labute approximate surface area is 117 Å². The Morgan fingerprint density at radius 2 is 1.75 bits per heavy atom. The quantitative estimate of drug-likeness (QED) is 0.741. The predicted octanol–water partition coefficient (Wildman–Crippen LogP) is 4.34.